The monoisotopic (exact) mass is 394 g/mol. The molecule has 3 rings (SSSR count). The lowest BCUT2D eigenvalue weighted by Gasteiger charge is -2.17. The summed E-state index contributed by atoms with van der Waals surface area (Å²) in [6, 6.07) is 11.3. The van der Waals surface area contributed by atoms with Crippen molar-refractivity contribution in [2.75, 3.05) is 0 Å². The predicted octanol–water partition coefficient (Wildman–Crippen LogP) is 2.71. The van der Waals surface area contributed by atoms with Gasteiger partial charge in [0, 0.05) is 10.3 Å². The molecule has 0 aliphatic carbocycles. The zero-order chi connectivity index (χ0) is 18.7. The minimum atomic E-state index is -4.07. The summed E-state index contributed by atoms with van der Waals surface area (Å²) in [6.07, 6.45) is 0. The summed E-state index contributed by atoms with van der Waals surface area (Å²) in [6.45, 7) is 0. The van der Waals surface area contributed by atoms with E-state index in [0.717, 1.165) is 10.1 Å². The van der Waals surface area contributed by atoms with Gasteiger partial charge in [0.1, 0.15) is 11.9 Å². The number of fused-ring (bicyclic) bond motifs is 1. The van der Waals surface area contributed by atoms with Gasteiger partial charge in [-0.15, -0.1) is 11.3 Å². The van der Waals surface area contributed by atoms with Crippen molar-refractivity contribution in [1.82, 2.24) is 10.2 Å². The van der Waals surface area contributed by atoms with Crippen LogP contribution in [0.1, 0.15) is 17.2 Å². The number of halogens is 1. The van der Waals surface area contributed by atoms with Crippen LogP contribution < -0.4 is 10.2 Å². The smallest absolute Gasteiger partial charge is 0.266 e. The normalized spacial score (nSPS) is 12.8. The molecule has 26 heavy (non-hydrogen) atoms. The molecular formula is C17H15FN2O4S2. The Labute approximate surface area is 153 Å². The number of amides is 1. The Morgan fingerprint density at radius 2 is 1.92 bits per heavy atom. The van der Waals surface area contributed by atoms with Crippen LogP contribution in [0.3, 0.4) is 0 Å². The Morgan fingerprint density at radius 3 is 2.62 bits per heavy atom. The number of sulfonamides is 1. The maximum atomic E-state index is 14.2. The van der Waals surface area contributed by atoms with Crippen LogP contribution >= 0.6 is 11.3 Å². The molecule has 3 aromatic rings. The van der Waals surface area contributed by atoms with Crippen LogP contribution in [0.4, 0.5) is 4.39 Å². The molecule has 2 aromatic carbocycles. The third kappa shape index (κ3) is 4.07. The third-order valence-corrected chi connectivity index (χ3v) is 5.94. The van der Waals surface area contributed by atoms with Crippen LogP contribution in [0, 0.1) is 5.82 Å². The van der Waals surface area contributed by atoms with Crippen molar-refractivity contribution in [3.63, 3.8) is 0 Å². The van der Waals surface area contributed by atoms with E-state index in [1.807, 2.05) is 0 Å². The Morgan fingerprint density at radius 1 is 1.19 bits per heavy atom. The summed E-state index contributed by atoms with van der Waals surface area (Å²) in [5.41, 5.74) is 1.79. The Balaban J connectivity index is 1.88. The van der Waals surface area contributed by atoms with Gasteiger partial charge in [-0.3, -0.25) is 10.0 Å². The van der Waals surface area contributed by atoms with Gasteiger partial charge < -0.3 is 0 Å². The summed E-state index contributed by atoms with van der Waals surface area (Å²) < 4.78 is 42.1. The van der Waals surface area contributed by atoms with Crippen molar-refractivity contribution in [2.45, 2.75) is 11.8 Å². The topological polar surface area (TPSA) is 95.5 Å². The molecule has 0 radical (unpaired) electrons. The van der Waals surface area contributed by atoms with Gasteiger partial charge in [0.05, 0.1) is 5.75 Å². The molecule has 0 fully saturated rings. The molecule has 6 nitrogen and oxygen atoms in total. The lowest BCUT2D eigenvalue weighted by atomic mass is 10.1. The highest BCUT2D eigenvalue weighted by Gasteiger charge is 2.27. The first-order chi connectivity index (χ1) is 12.4. The molecular weight excluding hydrogens is 379 g/mol. The molecule has 1 atom stereocenters. The molecule has 0 saturated heterocycles. The summed E-state index contributed by atoms with van der Waals surface area (Å²) in [4.78, 5) is 11.9. The van der Waals surface area contributed by atoms with Gasteiger partial charge >= 0.3 is 0 Å². The van der Waals surface area contributed by atoms with Crippen LogP contribution in [0.5, 0.6) is 0 Å². The molecule has 0 spiro atoms. The number of thiophene rings is 1. The van der Waals surface area contributed by atoms with E-state index in [2.05, 4.69) is 4.72 Å². The summed E-state index contributed by atoms with van der Waals surface area (Å²) in [5.74, 6) is -2.20. The molecule has 1 aromatic heterocycles. The second kappa shape index (κ2) is 7.50. The van der Waals surface area contributed by atoms with Crippen molar-refractivity contribution in [3.05, 3.63) is 70.9 Å². The molecule has 1 unspecified atom stereocenters. The SMILES string of the molecule is O=C(NO)C(NS(=O)(=O)Cc1cc2ccsc2cc1F)c1ccccc1. The minimum absolute atomic E-state index is 0.000353. The molecule has 9 heteroatoms. The molecule has 3 N–H and O–H groups in total. The maximum absolute atomic E-state index is 14.2. The number of benzene rings is 2. The Hall–Kier alpha value is -2.33. The average Bonchev–Trinajstić information content (AvgIpc) is 3.07. The summed E-state index contributed by atoms with van der Waals surface area (Å²) in [5, 5.41) is 11.4. The number of carbonyl (C=O) groups excluding carboxylic acids is 1. The largest absolute Gasteiger partial charge is 0.289 e. The van der Waals surface area contributed by atoms with Gasteiger partial charge in [-0.25, -0.2) is 18.3 Å². The number of carbonyl (C=O) groups is 1. The van der Waals surface area contributed by atoms with Gasteiger partial charge in [-0.05, 0) is 34.5 Å². The lowest BCUT2D eigenvalue weighted by Crippen LogP contribution is -2.39. The fraction of sp³-hybridized carbons (Fsp3) is 0.118. The number of nitrogens with one attached hydrogen (secondary N) is 2. The van der Waals surface area contributed by atoms with E-state index < -0.39 is 33.5 Å². The lowest BCUT2D eigenvalue weighted by molar-refractivity contribution is -0.131. The highest BCUT2D eigenvalue weighted by atomic mass is 32.2. The van der Waals surface area contributed by atoms with Crippen LogP contribution in [0.2, 0.25) is 0 Å². The van der Waals surface area contributed by atoms with Crippen LogP contribution in [-0.2, 0) is 20.6 Å². The van der Waals surface area contributed by atoms with Gasteiger partial charge in [-0.2, -0.15) is 4.72 Å². The number of hydrogen-bond donors (Lipinski definition) is 3. The first-order valence-corrected chi connectivity index (χ1v) is 10.1. The van der Waals surface area contributed by atoms with Crippen molar-refractivity contribution in [1.29, 1.82) is 0 Å². The quantitative estimate of drug-likeness (QED) is 0.442. The maximum Gasteiger partial charge on any atom is 0.266 e. The Bertz CT molecular complexity index is 1040. The number of hydroxylamine groups is 1. The molecule has 0 aliphatic heterocycles. The first kappa shape index (κ1) is 18.5. The van der Waals surface area contributed by atoms with Crippen LogP contribution in [-0.4, -0.2) is 19.5 Å². The van der Waals surface area contributed by atoms with Crippen molar-refractivity contribution < 1.29 is 22.8 Å². The van der Waals surface area contributed by atoms with E-state index in [4.69, 9.17) is 5.21 Å². The van der Waals surface area contributed by atoms with Gasteiger partial charge in [0.25, 0.3) is 5.91 Å². The number of rotatable bonds is 6. The fourth-order valence-corrected chi connectivity index (χ4v) is 4.66. The van der Waals surface area contributed by atoms with Crippen LogP contribution in [0.15, 0.2) is 53.9 Å². The van der Waals surface area contributed by atoms with E-state index in [9.17, 15) is 17.6 Å². The molecule has 0 bridgehead atoms. The zero-order valence-corrected chi connectivity index (χ0v) is 15.0. The zero-order valence-electron chi connectivity index (χ0n) is 13.3. The second-order valence-electron chi connectivity index (χ2n) is 5.60. The summed E-state index contributed by atoms with van der Waals surface area (Å²) >= 11 is 1.36. The standard InChI is InChI=1S/C17H15FN2O4S2/c18-14-9-15-12(6-7-25-15)8-13(14)10-26(23,24)20-16(17(21)19-22)11-4-2-1-3-5-11/h1-9,16,20,22H,10H2,(H,19,21). The molecule has 1 heterocycles. The van der Waals surface area contributed by atoms with E-state index in [-0.39, 0.29) is 5.56 Å². The molecule has 1 amide bonds. The predicted molar refractivity (Wildman–Crippen MR) is 96.7 cm³/mol. The number of hydrogen-bond acceptors (Lipinski definition) is 5. The van der Waals surface area contributed by atoms with E-state index in [1.54, 1.807) is 41.8 Å². The van der Waals surface area contributed by atoms with Crippen molar-refractivity contribution in [2.24, 2.45) is 0 Å². The van der Waals surface area contributed by atoms with Crippen LogP contribution in [0.25, 0.3) is 10.1 Å². The second-order valence-corrected chi connectivity index (χ2v) is 8.30. The van der Waals surface area contributed by atoms with E-state index in [1.165, 1.54) is 28.9 Å². The Kier molecular flexibility index (Phi) is 5.33. The van der Waals surface area contributed by atoms with Gasteiger partial charge in [-0.1, -0.05) is 30.3 Å². The highest BCUT2D eigenvalue weighted by Crippen LogP contribution is 2.25. The highest BCUT2D eigenvalue weighted by molar-refractivity contribution is 7.88. The van der Waals surface area contributed by atoms with Gasteiger partial charge in [0.2, 0.25) is 10.0 Å². The third-order valence-electron chi connectivity index (χ3n) is 3.77. The minimum Gasteiger partial charge on any atom is -0.289 e. The molecule has 0 saturated carbocycles. The van der Waals surface area contributed by atoms with E-state index in [0.29, 0.717) is 5.56 Å². The summed E-state index contributed by atoms with van der Waals surface area (Å²) in [7, 11) is -4.07. The van der Waals surface area contributed by atoms with Gasteiger partial charge in [0.15, 0.2) is 0 Å². The average molecular weight is 394 g/mol. The van der Waals surface area contributed by atoms with Crippen molar-refractivity contribution in [3.8, 4) is 0 Å². The van der Waals surface area contributed by atoms with Crippen molar-refractivity contribution >= 4 is 37.4 Å². The fourth-order valence-electron chi connectivity index (χ4n) is 2.55. The molecule has 136 valence electrons. The van der Waals surface area contributed by atoms with E-state index >= 15 is 0 Å². The first-order valence-electron chi connectivity index (χ1n) is 7.54. The molecule has 0 aliphatic rings.